The topological polar surface area (TPSA) is 53.3 Å². The van der Waals surface area contributed by atoms with Crippen molar-refractivity contribution < 1.29 is 9.53 Å². The number of hydrogen-bond donors (Lipinski definition) is 0. The van der Waals surface area contributed by atoms with Gasteiger partial charge in [0.2, 0.25) is 0 Å². The van der Waals surface area contributed by atoms with Gasteiger partial charge in [-0.05, 0) is 22.3 Å². The van der Waals surface area contributed by atoms with Gasteiger partial charge in [0.05, 0.1) is 7.11 Å². The SMILES string of the molecule is COC(=O)C(=C(c1ccccc1)c1ccccc1)N(C)C(C#N)=C(c1ccccc1)c1ccccc1. The number of carbonyl (C=O) groups excluding carboxylic acids is 1. The Balaban J connectivity index is 2.07. The van der Waals surface area contributed by atoms with Crippen molar-refractivity contribution in [3.05, 3.63) is 155 Å². The van der Waals surface area contributed by atoms with Gasteiger partial charge in [-0.15, -0.1) is 0 Å². The van der Waals surface area contributed by atoms with Crippen LogP contribution in [0.2, 0.25) is 0 Å². The predicted octanol–water partition coefficient (Wildman–Crippen LogP) is 6.53. The van der Waals surface area contributed by atoms with Gasteiger partial charge < -0.3 is 9.64 Å². The van der Waals surface area contributed by atoms with Crippen LogP contribution in [0.3, 0.4) is 0 Å². The molecule has 4 rings (SSSR count). The first-order valence-electron chi connectivity index (χ1n) is 11.6. The molecule has 0 heterocycles. The Labute approximate surface area is 212 Å². The van der Waals surface area contributed by atoms with Gasteiger partial charge in [0.15, 0.2) is 0 Å². The van der Waals surface area contributed by atoms with Crippen LogP contribution in [0.15, 0.2) is 133 Å². The molecule has 4 aromatic carbocycles. The van der Waals surface area contributed by atoms with Crippen molar-refractivity contribution >= 4 is 17.1 Å². The molecule has 0 fully saturated rings. The van der Waals surface area contributed by atoms with Crippen LogP contribution in [0, 0.1) is 11.3 Å². The summed E-state index contributed by atoms with van der Waals surface area (Å²) in [6, 6.07) is 41.2. The zero-order chi connectivity index (χ0) is 25.3. The lowest BCUT2D eigenvalue weighted by atomic mass is 9.93. The van der Waals surface area contributed by atoms with Crippen LogP contribution in [0.25, 0.3) is 11.1 Å². The molecular weight excluding hydrogens is 444 g/mol. The summed E-state index contributed by atoms with van der Waals surface area (Å²) in [6.45, 7) is 0. The highest BCUT2D eigenvalue weighted by Crippen LogP contribution is 2.34. The normalized spacial score (nSPS) is 10.0. The zero-order valence-electron chi connectivity index (χ0n) is 20.3. The van der Waals surface area contributed by atoms with Crippen LogP contribution in [0.1, 0.15) is 22.3 Å². The van der Waals surface area contributed by atoms with E-state index in [1.807, 2.05) is 121 Å². The quantitative estimate of drug-likeness (QED) is 0.175. The van der Waals surface area contributed by atoms with Crippen molar-refractivity contribution in [2.24, 2.45) is 0 Å². The molecule has 0 aliphatic rings. The second kappa shape index (κ2) is 11.5. The molecule has 0 aromatic heterocycles. The van der Waals surface area contributed by atoms with E-state index < -0.39 is 5.97 Å². The van der Waals surface area contributed by atoms with Crippen LogP contribution < -0.4 is 0 Å². The van der Waals surface area contributed by atoms with Gasteiger partial charge in [-0.25, -0.2) is 4.79 Å². The summed E-state index contributed by atoms with van der Waals surface area (Å²) in [7, 11) is 3.09. The van der Waals surface area contributed by atoms with E-state index in [1.54, 1.807) is 11.9 Å². The highest BCUT2D eigenvalue weighted by molar-refractivity contribution is 6.02. The van der Waals surface area contributed by atoms with Crippen molar-refractivity contribution in [3.8, 4) is 6.07 Å². The Kier molecular flexibility index (Phi) is 7.75. The molecule has 36 heavy (non-hydrogen) atoms. The van der Waals surface area contributed by atoms with Crippen molar-refractivity contribution in [2.75, 3.05) is 14.2 Å². The first-order valence-corrected chi connectivity index (χ1v) is 11.6. The standard InChI is InChI=1S/C32H26N2O2/c1-34(28(23-33)29(24-15-7-3-8-16-24)25-17-9-4-10-18-25)31(32(35)36-2)30(26-19-11-5-12-20-26)27-21-13-6-14-22-27/h3-22H,1-2H3. The molecule has 4 nitrogen and oxygen atoms in total. The van der Waals surface area contributed by atoms with E-state index in [4.69, 9.17) is 4.74 Å². The lowest BCUT2D eigenvalue weighted by Gasteiger charge is -2.26. The summed E-state index contributed by atoms with van der Waals surface area (Å²) in [5.74, 6) is -0.534. The van der Waals surface area contributed by atoms with E-state index in [9.17, 15) is 10.1 Å². The molecule has 0 aliphatic carbocycles. The average Bonchev–Trinajstić information content (AvgIpc) is 2.95. The largest absolute Gasteiger partial charge is 0.464 e. The molecule has 0 radical (unpaired) electrons. The third-order valence-electron chi connectivity index (χ3n) is 5.88. The number of rotatable bonds is 7. The number of nitriles is 1. The molecule has 0 N–H and O–H groups in total. The first-order chi connectivity index (χ1) is 17.7. The van der Waals surface area contributed by atoms with Gasteiger partial charge in [0.1, 0.15) is 17.5 Å². The highest BCUT2D eigenvalue weighted by Gasteiger charge is 2.27. The Morgan fingerprint density at radius 1 is 0.639 bits per heavy atom. The molecule has 0 aliphatic heterocycles. The second-order valence-corrected chi connectivity index (χ2v) is 8.07. The maximum Gasteiger partial charge on any atom is 0.355 e. The van der Waals surface area contributed by atoms with Gasteiger partial charge in [0.25, 0.3) is 0 Å². The summed E-state index contributed by atoms with van der Waals surface area (Å²) in [5.41, 5.74) is 5.44. The molecule has 0 saturated heterocycles. The lowest BCUT2D eigenvalue weighted by molar-refractivity contribution is -0.137. The fourth-order valence-electron chi connectivity index (χ4n) is 4.21. The number of methoxy groups -OCH3 is 1. The van der Waals surface area contributed by atoms with E-state index in [-0.39, 0.29) is 5.70 Å². The van der Waals surface area contributed by atoms with Gasteiger partial charge in [0, 0.05) is 18.2 Å². The molecule has 0 saturated carbocycles. The summed E-state index contributed by atoms with van der Waals surface area (Å²) in [5, 5.41) is 10.5. The van der Waals surface area contributed by atoms with Crippen molar-refractivity contribution in [2.45, 2.75) is 0 Å². The van der Waals surface area contributed by atoms with E-state index in [1.165, 1.54) is 7.11 Å². The molecule has 0 atom stereocenters. The van der Waals surface area contributed by atoms with Gasteiger partial charge in [-0.3, -0.25) is 0 Å². The minimum Gasteiger partial charge on any atom is -0.464 e. The molecule has 4 heteroatoms. The summed E-state index contributed by atoms with van der Waals surface area (Å²) in [6.07, 6.45) is 0. The first kappa shape index (κ1) is 24.3. The molecular formula is C32H26N2O2. The Hall–Kier alpha value is -4.88. The number of nitrogens with zero attached hydrogens (tertiary/aromatic N) is 2. The number of esters is 1. The summed E-state index contributed by atoms with van der Waals surface area (Å²) < 4.78 is 5.27. The molecule has 4 aromatic rings. The Morgan fingerprint density at radius 3 is 1.28 bits per heavy atom. The maximum atomic E-state index is 13.4. The second-order valence-electron chi connectivity index (χ2n) is 8.07. The van der Waals surface area contributed by atoms with Crippen LogP contribution in [-0.4, -0.2) is 25.0 Å². The van der Waals surface area contributed by atoms with Crippen molar-refractivity contribution in [1.82, 2.24) is 4.90 Å². The minimum absolute atomic E-state index is 0.274. The number of hydrogen-bond acceptors (Lipinski definition) is 4. The van der Waals surface area contributed by atoms with Crippen molar-refractivity contribution in [3.63, 3.8) is 0 Å². The molecule has 0 bridgehead atoms. The Morgan fingerprint density at radius 2 is 0.972 bits per heavy atom. The predicted molar refractivity (Wildman–Crippen MR) is 143 cm³/mol. The fraction of sp³-hybridized carbons (Fsp3) is 0.0625. The van der Waals surface area contributed by atoms with E-state index >= 15 is 0 Å². The molecule has 0 spiro atoms. The smallest absolute Gasteiger partial charge is 0.355 e. The molecule has 176 valence electrons. The number of carbonyl (C=O) groups is 1. The number of ether oxygens (including phenoxy) is 1. The fourth-order valence-corrected chi connectivity index (χ4v) is 4.21. The third-order valence-corrected chi connectivity index (χ3v) is 5.88. The average molecular weight is 471 g/mol. The molecule has 0 amide bonds. The van der Waals surface area contributed by atoms with Gasteiger partial charge in [-0.2, -0.15) is 5.26 Å². The monoisotopic (exact) mass is 470 g/mol. The van der Waals surface area contributed by atoms with E-state index in [0.29, 0.717) is 11.3 Å². The third kappa shape index (κ3) is 5.11. The summed E-state index contributed by atoms with van der Waals surface area (Å²) in [4.78, 5) is 15.1. The van der Waals surface area contributed by atoms with Crippen molar-refractivity contribution in [1.29, 1.82) is 5.26 Å². The van der Waals surface area contributed by atoms with Crippen LogP contribution in [0.4, 0.5) is 0 Å². The van der Waals surface area contributed by atoms with Crippen LogP contribution in [0.5, 0.6) is 0 Å². The van der Waals surface area contributed by atoms with Gasteiger partial charge in [-0.1, -0.05) is 121 Å². The minimum atomic E-state index is -0.534. The van der Waals surface area contributed by atoms with Crippen LogP contribution in [-0.2, 0) is 9.53 Å². The Bertz CT molecular complexity index is 1340. The molecule has 0 unspecified atom stereocenters. The number of allylic oxidation sites excluding steroid dienone is 1. The highest BCUT2D eigenvalue weighted by atomic mass is 16.5. The zero-order valence-corrected chi connectivity index (χ0v) is 20.3. The van der Waals surface area contributed by atoms with Gasteiger partial charge >= 0.3 is 5.97 Å². The van der Waals surface area contributed by atoms with E-state index in [2.05, 4.69) is 6.07 Å². The number of benzene rings is 4. The number of likely N-dealkylation sites (N-methyl/N-ethyl adjacent to an activating group) is 1. The maximum absolute atomic E-state index is 13.4. The lowest BCUT2D eigenvalue weighted by Crippen LogP contribution is -2.26. The summed E-state index contributed by atoms with van der Waals surface area (Å²) >= 11 is 0. The van der Waals surface area contributed by atoms with Crippen LogP contribution >= 0.6 is 0 Å². The van der Waals surface area contributed by atoms with E-state index in [0.717, 1.165) is 27.8 Å².